The zero-order valence-electron chi connectivity index (χ0n) is 13.4. The van der Waals surface area contributed by atoms with E-state index in [0.29, 0.717) is 12.5 Å². The minimum atomic E-state index is -0.991. The van der Waals surface area contributed by atoms with Crippen molar-refractivity contribution < 1.29 is 19.4 Å². The summed E-state index contributed by atoms with van der Waals surface area (Å²) in [6.07, 6.45) is 0.608. The topological polar surface area (TPSA) is 92.9 Å². The van der Waals surface area contributed by atoms with Gasteiger partial charge in [0, 0.05) is 12.6 Å². The zero-order valence-corrected chi connectivity index (χ0v) is 13.4. The molecule has 2 saturated heterocycles. The third-order valence-electron chi connectivity index (χ3n) is 4.85. The quantitative estimate of drug-likeness (QED) is 0.827. The van der Waals surface area contributed by atoms with Crippen LogP contribution in [0.2, 0.25) is 0 Å². The Balaban J connectivity index is 2.09. The second kappa shape index (κ2) is 4.87. The van der Waals surface area contributed by atoms with Crippen molar-refractivity contribution in [3.05, 3.63) is 0 Å². The number of fused-ring (bicyclic) bond motifs is 1. The third kappa shape index (κ3) is 2.73. The summed E-state index contributed by atoms with van der Waals surface area (Å²) in [5, 5.41) is 9.18. The van der Waals surface area contributed by atoms with Gasteiger partial charge in [-0.15, -0.1) is 0 Å². The maximum atomic E-state index is 12.2. The summed E-state index contributed by atoms with van der Waals surface area (Å²) in [6, 6.07) is -0.878. The fourth-order valence-corrected chi connectivity index (χ4v) is 3.78. The first-order chi connectivity index (χ1) is 9.45. The normalized spacial score (nSPS) is 29.8. The average molecular weight is 298 g/mol. The van der Waals surface area contributed by atoms with Crippen molar-refractivity contribution in [2.24, 2.45) is 23.0 Å². The van der Waals surface area contributed by atoms with Crippen LogP contribution in [0.15, 0.2) is 0 Å². The van der Waals surface area contributed by atoms with E-state index in [2.05, 4.69) is 0 Å². The predicted octanol–water partition coefficient (Wildman–Crippen LogP) is 1.68. The van der Waals surface area contributed by atoms with Crippen LogP contribution in [0.5, 0.6) is 0 Å². The number of ether oxygens (including phenoxy) is 1. The number of hydrogen-bond acceptors (Lipinski definition) is 4. The van der Waals surface area contributed by atoms with Crippen molar-refractivity contribution in [2.45, 2.75) is 58.7 Å². The summed E-state index contributed by atoms with van der Waals surface area (Å²) in [7, 11) is 0. The average Bonchev–Trinajstić information content (AvgIpc) is 2.82. The molecule has 0 spiro atoms. The SMILES string of the molecule is CC(C)(C)OC(=O)N1C[C@@H]2C[C@H]1C2C(C)(C)C(N)C(=O)O. The van der Waals surface area contributed by atoms with Crippen molar-refractivity contribution in [2.75, 3.05) is 6.54 Å². The highest BCUT2D eigenvalue weighted by Gasteiger charge is 2.61. The molecule has 0 aromatic heterocycles. The fraction of sp³-hybridized carbons (Fsp3) is 0.867. The minimum absolute atomic E-state index is 0.0465. The van der Waals surface area contributed by atoms with Gasteiger partial charge in [-0.2, -0.15) is 0 Å². The molecule has 2 unspecified atom stereocenters. The zero-order chi connectivity index (χ0) is 16.2. The Morgan fingerprint density at radius 3 is 2.33 bits per heavy atom. The van der Waals surface area contributed by atoms with Gasteiger partial charge in [0.15, 0.2) is 0 Å². The van der Waals surface area contributed by atoms with Gasteiger partial charge in [0.25, 0.3) is 0 Å². The smallest absolute Gasteiger partial charge is 0.410 e. The number of carbonyl (C=O) groups is 2. The molecule has 3 N–H and O–H groups in total. The number of carboxylic acid groups (broad SMARTS) is 1. The molecule has 0 aromatic rings. The molecule has 21 heavy (non-hydrogen) atoms. The van der Waals surface area contributed by atoms with Crippen LogP contribution in [0.3, 0.4) is 0 Å². The molecule has 1 amide bonds. The van der Waals surface area contributed by atoms with Crippen LogP contribution in [-0.4, -0.2) is 46.3 Å². The lowest BCUT2D eigenvalue weighted by atomic mass is 9.58. The Kier molecular flexibility index (Phi) is 3.72. The molecular weight excluding hydrogens is 272 g/mol. The first-order valence-corrected chi connectivity index (χ1v) is 7.43. The Hall–Kier alpha value is -1.30. The van der Waals surface area contributed by atoms with Gasteiger partial charge >= 0.3 is 12.1 Å². The Morgan fingerprint density at radius 2 is 1.86 bits per heavy atom. The highest BCUT2D eigenvalue weighted by Crippen LogP contribution is 2.55. The molecule has 2 bridgehead atoms. The second-order valence-electron chi connectivity index (χ2n) is 7.86. The molecule has 6 nitrogen and oxygen atoms in total. The number of rotatable bonds is 3. The van der Waals surface area contributed by atoms with Gasteiger partial charge < -0.3 is 20.5 Å². The van der Waals surface area contributed by atoms with E-state index >= 15 is 0 Å². The summed E-state index contributed by atoms with van der Waals surface area (Å²) >= 11 is 0. The van der Waals surface area contributed by atoms with Crippen molar-refractivity contribution in [1.82, 2.24) is 4.90 Å². The van der Waals surface area contributed by atoms with Gasteiger partial charge in [-0.1, -0.05) is 13.8 Å². The monoisotopic (exact) mass is 298 g/mol. The summed E-state index contributed by atoms with van der Waals surface area (Å²) in [5.41, 5.74) is 4.78. The van der Waals surface area contributed by atoms with E-state index in [1.54, 1.807) is 4.90 Å². The van der Waals surface area contributed by atoms with Gasteiger partial charge in [-0.25, -0.2) is 4.79 Å². The van der Waals surface area contributed by atoms with Crippen molar-refractivity contribution in [3.63, 3.8) is 0 Å². The summed E-state index contributed by atoms with van der Waals surface area (Å²) in [4.78, 5) is 25.2. The van der Waals surface area contributed by atoms with E-state index in [9.17, 15) is 14.7 Å². The van der Waals surface area contributed by atoms with Crippen LogP contribution in [-0.2, 0) is 9.53 Å². The number of carbonyl (C=O) groups excluding carboxylic acids is 1. The highest BCUT2D eigenvalue weighted by molar-refractivity contribution is 5.74. The van der Waals surface area contributed by atoms with E-state index < -0.39 is 23.0 Å². The first kappa shape index (κ1) is 16.1. The number of hydrogen-bond donors (Lipinski definition) is 2. The molecule has 0 aromatic carbocycles. The van der Waals surface area contributed by atoms with Gasteiger partial charge in [0.05, 0.1) is 0 Å². The molecule has 2 aliphatic heterocycles. The van der Waals surface area contributed by atoms with Crippen LogP contribution >= 0.6 is 0 Å². The van der Waals surface area contributed by atoms with Gasteiger partial charge in [0.2, 0.25) is 0 Å². The molecule has 4 atom stereocenters. The van der Waals surface area contributed by atoms with Gasteiger partial charge in [-0.3, -0.25) is 4.79 Å². The lowest BCUT2D eigenvalue weighted by Crippen LogP contribution is -2.57. The molecule has 6 heteroatoms. The van der Waals surface area contributed by atoms with Gasteiger partial charge in [0.1, 0.15) is 11.6 Å². The molecule has 1 saturated carbocycles. The molecule has 1 aliphatic carbocycles. The molecular formula is C15H26N2O4. The Labute approximate surface area is 125 Å². The number of nitrogens with two attached hydrogens (primary N) is 1. The van der Waals surface area contributed by atoms with Crippen LogP contribution in [0.4, 0.5) is 4.79 Å². The van der Waals surface area contributed by atoms with Crippen molar-refractivity contribution in [3.8, 4) is 0 Å². The van der Waals surface area contributed by atoms with E-state index in [1.165, 1.54) is 0 Å². The molecule has 3 aliphatic rings. The van der Waals surface area contributed by atoms with Crippen LogP contribution < -0.4 is 5.73 Å². The van der Waals surface area contributed by atoms with E-state index in [-0.39, 0.29) is 18.1 Å². The lowest BCUT2D eigenvalue weighted by molar-refractivity contribution is -0.144. The standard InChI is InChI=1S/C15H26N2O4/c1-14(2,3)21-13(20)17-7-8-6-9(17)10(8)15(4,5)11(16)12(18)19/h8-11H,6-7,16H2,1-5H3,(H,18,19)/t8-,9-,10?,11?/m0/s1. The number of nitrogens with zero attached hydrogens (tertiary/aromatic N) is 1. The first-order valence-electron chi connectivity index (χ1n) is 7.43. The van der Waals surface area contributed by atoms with E-state index in [4.69, 9.17) is 10.5 Å². The van der Waals surface area contributed by atoms with Crippen molar-refractivity contribution >= 4 is 12.1 Å². The maximum Gasteiger partial charge on any atom is 0.410 e. The summed E-state index contributed by atoms with van der Waals surface area (Å²) in [5.74, 6) is -0.547. The number of aliphatic carboxylic acids is 1. The van der Waals surface area contributed by atoms with E-state index in [0.717, 1.165) is 6.42 Å². The maximum absolute atomic E-state index is 12.2. The Bertz CT molecular complexity index is 455. The lowest BCUT2D eigenvalue weighted by Gasteiger charge is -2.48. The second-order valence-corrected chi connectivity index (χ2v) is 7.86. The van der Waals surface area contributed by atoms with E-state index in [1.807, 2.05) is 34.6 Å². The predicted molar refractivity (Wildman–Crippen MR) is 77.7 cm³/mol. The minimum Gasteiger partial charge on any atom is -0.480 e. The summed E-state index contributed by atoms with van der Waals surface area (Å²) in [6.45, 7) is 9.93. The molecule has 0 radical (unpaired) electrons. The van der Waals surface area contributed by atoms with Crippen molar-refractivity contribution in [1.29, 1.82) is 0 Å². The molecule has 2 heterocycles. The molecule has 3 rings (SSSR count). The van der Waals surface area contributed by atoms with Crippen LogP contribution in [0.25, 0.3) is 0 Å². The van der Waals surface area contributed by atoms with Gasteiger partial charge in [-0.05, 0) is 44.4 Å². The fourth-order valence-electron chi connectivity index (χ4n) is 3.78. The number of carboxylic acids is 1. The van der Waals surface area contributed by atoms with Crippen LogP contribution in [0.1, 0.15) is 41.0 Å². The van der Waals surface area contributed by atoms with Crippen LogP contribution in [0, 0.1) is 17.3 Å². The highest BCUT2D eigenvalue weighted by atomic mass is 16.6. The molecule has 3 fully saturated rings. The number of amides is 1. The molecule has 120 valence electrons. The summed E-state index contributed by atoms with van der Waals surface area (Å²) < 4.78 is 5.43. The third-order valence-corrected chi connectivity index (χ3v) is 4.85. The largest absolute Gasteiger partial charge is 0.480 e. The Morgan fingerprint density at radius 1 is 1.29 bits per heavy atom.